The number of benzene rings is 2. The molecule has 3 rings (SSSR count). The first-order valence-corrected chi connectivity index (χ1v) is 10.8. The minimum absolute atomic E-state index is 0.135. The highest BCUT2D eigenvalue weighted by atomic mass is 35.5. The molecule has 0 aliphatic carbocycles. The number of thioether (sulfide) groups is 1. The lowest BCUT2D eigenvalue weighted by Gasteiger charge is -2.08. The Morgan fingerprint density at radius 1 is 1.15 bits per heavy atom. The molecule has 0 aliphatic heterocycles. The monoisotopic (exact) mass is 409 g/mol. The highest BCUT2D eigenvalue weighted by Crippen LogP contribution is 2.32. The summed E-state index contributed by atoms with van der Waals surface area (Å²) in [6, 6.07) is 13.3. The highest BCUT2D eigenvalue weighted by Gasteiger charge is 2.09. The van der Waals surface area contributed by atoms with Crippen LogP contribution in [0.4, 0.5) is 0 Å². The van der Waals surface area contributed by atoms with Crippen molar-refractivity contribution in [3.63, 3.8) is 0 Å². The molecule has 0 unspecified atom stereocenters. The predicted molar refractivity (Wildman–Crippen MR) is 102 cm³/mol. The molecule has 9 heteroatoms. The van der Waals surface area contributed by atoms with Crippen LogP contribution in [-0.4, -0.2) is 29.4 Å². The molecule has 0 saturated heterocycles. The van der Waals surface area contributed by atoms with Crippen molar-refractivity contribution in [3.8, 4) is 5.75 Å². The summed E-state index contributed by atoms with van der Waals surface area (Å²) in [4.78, 5) is 4.86. The summed E-state index contributed by atoms with van der Waals surface area (Å²) >= 11 is 7.70. The third-order valence-corrected chi connectivity index (χ3v) is 5.23. The summed E-state index contributed by atoms with van der Waals surface area (Å²) in [5.74, 6) is 0.905. The lowest BCUT2D eigenvalue weighted by atomic mass is 10.1. The maximum atomic E-state index is 11.2. The standard InChI is InChI=1S/C17H16ClN3O3S2/c1-26(22,23)24-17-7-6-15(8-16(17)18)25-10-14-4-2-13(3-5-14)9-21-12-19-11-20-21/h2-8,11-12H,9-10H2,1H3. The molecule has 0 N–H and O–H groups in total. The first kappa shape index (κ1) is 18.8. The molecule has 0 saturated carbocycles. The molecule has 3 aromatic rings. The Kier molecular flexibility index (Phi) is 5.85. The number of rotatable bonds is 7. The topological polar surface area (TPSA) is 74.1 Å². The molecule has 2 aromatic carbocycles. The average Bonchev–Trinajstić information content (AvgIpc) is 3.08. The van der Waals surface area contributed by atoms with Gasteiger partial charge in [0.05, 0.1) is 17.8 Å². The van der Waals surface area contributed by atoms with Crippen LogP contribution in [0.2, 0.25) is 5.02 Å². The second-order valence-corrected chi connectivity index (χ2v) is 8.61. The van der Waals surface area contributed by atoms with E-state index in [4.69, 9.17) is 15.8 Å². The molecule has 0 spiro atoms. The van der Waals surface area contributed by atoms with E-state index in [2.05, 4.69) is 34.3 Å². The van der Waals surface area contributed by atoms with Crippen LogP contribution >= 0.6 is 23.4 Å². The van der Waals surface area contributed by atoms with Gasteiger partial charge in [-0.25, -0.2) is 9.67 Å². The molecule has 1 heterocycles. The van der Waals surface area contributed by atoms with Gasteiger partial charge in [0.25, 0.3) is 0 Å². The van der Waals surface area contributed by atoms with E-state index in [1.165, 1.54) is 11.9 Å². The van der Waals surface area contributed by atoms with Crippen molar-refractivity contribution in [2.75, 3.05) is 6.26 Å². The molecule has 0 aliphatic rings. The Balaban J connectivity index is 1.59. The summed E-state index contributed by atoms with van der Waals surface area (Å²) < 4.78 is 29.0. The van der Waals surface area contributed by atoms with Gasteiger partial charge in [-0.3, -0.25) is 0 Å². The number of halogens is 1. The van der Waals surface area contributed by atoms with E-state index in [0.717, 1.165) is 22.5 Å². The molecular formula is C17H16ClN3O3S2. The zero-order valence-corrected chi connectivity index (χ0v) is 16.3. The van der Waals surface area contributed by atoms with Crippen molar-refractivity contribution in [1.29, 1.82) is 0 Å². The summed E-state index contributed by atoms with van der Waals surface area (Å²) in [5.41, 5.74) is 2.32. The van der Waals surface area contributed by atoms with E-state index in [0.29, 0.717) is 6.54 Å². The van der Waals surface area contributed by atoms with Crippen molar-refractivity contribution in [2.45, 2.75) is 17.2 Å². The van der Waals surface area contributed by atoms with Gasteiger partial charge in [0.15, 0.2) is 5.75 Å². The second kappa shape index (κ2) is 8.11. The lowest BCUT2D eigenvalue weighted by molar-refractivity contribution is 0.493. The van der Waals surface area contributed by atoms with Gasteiger partial charge in [0.2, 0.25) is 0 Å². The van der Waals surface area contributed by atoms with Crippen LogP contribution in [0.3, 0.4) is 0 Å². The number of nitrogens with zero attached hydrogens (tertiary/aromatic N) is 3. The van der Waals surface area contributed by atoms with Crippen molar-refractivity contribution in [3.05, 3.63) is 71.3 Å². The average molecular weight is 410 g/mol. The van der Waals surface area contributed by atoms with Gasteiger partial charge >= 0.3 is 10.1 Å². The SMILES string of the molecule is CS(=O)(=O)Oc1ccc(SCc2ccc(Cn3cncn3)cc2)cc1Cl. The predicted octanol–water partition coefficient (Wildman–Crippen LogP) is 3.61. The summed E-state index contributed by atoms with van der Waals surface area (Å²) in [7, 11) is -3.59. The van der Waals surface area contributed by atoms with Crippen LogP contribution in [0.15, 0.2) is 60.0 Å². The normalized spacial score (nSPS) is 11.5. The van der Waals surface area contributed by atoms with Crippen LogP contribution in [0.1, 0.15) is 11.1 Å². The fourth-order valence-corrected chi connectivity index (χ4v) is 3.90. The summed E-state index contributed by atoms with van der Waals surface area (Å²) in [5, 5.41) is 4.36. The number of aromatic nitrogens is 3. The van der Waals surface area contributed by atoms with Gasteiger partial charge < -0.3 is 4.18 Å². The Labute approximate surface area is 161 Å². The molecule has 0 atom stereocenters. The molecular weight excluding hydrogens is 394 g/mol. The van der Waals surface area contributed by atoms with Gasteiger partial charge in [-0.15, -0.1) is 11.8 Å². The van der Waals surface area contributed by atoms with Gasteiger partial charge in [0, 0.05) is 10.6 Å². The Morgan fingerprint density at radius 3 is 2.50 bits per heavy atom. The first-order valence-electron chi connectivity index (χ1n) is 7.61. The van der Waals surface area contributed by atoms with Gasteiger partial charge in [-0.1, -0.05) is 35.9 Å². The van der Waals surface area contributed by atoms with Crippen molar-refractivity contribution in [2.24, 2.45) is 0 Å². The van der Waals surface area contributed by atoms with Crippen molar-refractivity contribution in [1.82, 2.24) is 14.8 Å². The zero-order chi connectivity index (χ0) is 18.6. The first-order chi connectivity index (χ1) is 12.4. The van der Waals surface area contributed by atoms with E-state index >= 15 is 0 Å². The van der Waals surface area contributed by atoms with E-state index in [1.54, 1.807) is 41.0 Å². The third-order valence-electron chi connectivity index (χ3n) is 3.38. The fourth-order valence-electron chi connectivity index (χ4n) is 2.21. The van der Waals surface area contributed by atoms with Crippen LogP contribution in [-0.2, 0) is 22.4 Å². The van der Waals surface area contributed by atoms with Crippen LogP contribution in [0, 0.1) is 0 Å². The van der Waals surface area contributed by atoms with Crippen LogP contribution in [0.25, 0.3) is 0 Å². The maximum Gasteiger partial charge on any atom is 0.306 e. The largest absolute Gasteiger partial charge is 0.381 e. The molecule has 6 nitrogen and oxygen atoms in total. The second-order valence-electron chi connectivity index (χ2n) is 5.58. The molecule has 1 aromatic heterocycles. The van der Waals surface area contributed by atoms with Gasteiger partial charge in [-0.2, -0.15) is 13.5 Å². The quantitative estimate of drug-likeness (QED) is 0.438. The number of hydrogen-bond acceptors (Lipinski definition) is 6. The van der Waals surface area contributed by atoms with Crippen LogP contribution < -0.4 is 4.18 Å². The van der Waals surface area contributed by atoms with Crippen molar-refractivity contribution >= 4 is 33.5 Å². The van der Waals surface area contributed by atoms with E-state index in [-0.39, 0.29) is 10.8 Å². The molecule has 26 heavy (non-hydrogen) atoms. The lowest BCUT2D eigenvalue weighted by Crippen LogP contribution is -2.05. The van der Waals surface area contributed by atoms with Crippen molar-refractivity contribution < 1.29 is 12.6 Å². The molecule has 0 amide bonds. The maximum absolute atomic E-state index is 11.2. The van der Waals surface area contributed by atoms with Crippen LogP contribution in [0.5, 0.6) is 5.75 Å². The fraction of sp³-hybridized carbons (Fsp3) is 0.176. The number of hydrogen-bond donors (Lipinski definition) is 0. The minimum atomic E-state index is -3.59. The van der Waals surface area contributed by atoms with Gasteiger partial charge in [-0.05, 0) is 29.3 Å². The summed E-state index contributed by atoms with van der Waals surface area (Å²) in [6.07, 6.45) is 4.19. The van der Waals surface area contributed by atoms with E-state index in [1.807, 2.05) is 0 Å². The minimum Gasteiger partial charge on any atom is -0.381 e. The summed E-state index contributed by atoms with van der Waals surface area (Å²) in [6.45, 7) is 0.685. The molecule has 0 fully saturated rings. The molecule has 136 valence electrons. The molecule has 0 bridgehead atoms. The highest BCUT2D eigenvalue weighted by molar-refractivity contribution is 7.98. The Bertz CT molecular complexity index is 975. The Hall–Kier alpha value is -2.03. The smallest absolute Gasteiger partial charge is 0.306 e. The Morgan fingerprint density at radius 2 is 1.88 bits per heavy atom. The molecule has 0 radical (unpaired) electrons. The van der Waals surface area contributed by atoms with E-state index < -0.39 is 10.1 Å². The van der Waals surface area contributed by atoms with Gasteiger partial charge in [0.1, 0.15) is 12.7 Å². The zero-order valence-electron chi connectivity index (χ0n) is 13.9. The van der Waals surface area contributed by atoms with E-state index in [9.17, 15) is 8.42 Å². The third kappa shape index (κ3) is 5.48.